The van der Waals surface area contributed by atoms with Crippen LogP contribution >= 0.6 is 11.3 Å². The molecule has 0 aliphatic carbocycles. The maximum atomic E-state index is 14.1. The van der Waals surface area contributed by atoms with E-state index >= 15 is 0 Å². The number of rotatable bonds is 14. The Hall–Kier alpha value is -6.78. The van der Waals surface area contributed by atoms with Gasteiger partial charge in [-0.15, -0.1) is 11.3 Å². The van der Waals surface area contributed by atoms with E-state index in [9.17, 15) is 48.3 Å². The number of hydrogen-bond acceptors (Lipinski definition) is 13. The second-order valence-corrected chi connectivity index (χ2v) is 16.3. The van der Waals surface area contributed by atoms with Crippen LogP contribution in [0.25, 0.3) is 23.1 Å². The van der Waals surface area contributed by atoms with Gasteiger partial charge in [-0.3, -0.25) is 43.2 Å². The lowest BCUT2D eigenvalue weighted by Crippen LogP contribution is -2.61. The monoisotopic (exact) mass is 920 g/mol. The van der Waals surface area contributed by atoms with Crippen molar-refractivity contribution < 1.29 is 53.0 Å². The fourth-order valence-electron chi connectivity index (χ4n) is 6.44. The van der Waals surface area contributed by atoms with Crippen molar-refractivity contribution in [1.82, 2.24) is 52.5 Å². The molecule has 1 aromatic carbocycles. The van der Waals surface area contributed by atoms with Crippen LogP contribution in [0.5, 0.6) is 0 Å². The molecule has 22 heteroatoms. The Morgan fingerprint density at radius 1 is 0.985 bits per heavy atom. The van der Waals surface area contributed by atoms with Gasteiger partial charge in [0, 0.05) is 47.8 Å². The van der Waals surface area contributed by atoms with Crippen molar-refractivity contribution in [3.05, 3.63) is 63.9 Å². The number of aromatic amines is 1. The van der Waals surface area contributed by atoms with Gasteiger partial charge in [0.1, 0.15) is 41.0 Å². The highest BCUT2D eigenvalue weighted by Gasteiger charge is 2.36. The normalized spacial score (nSPS) is 22.3. The molecule has 3 heterocycles. The lowest BCUT2D eigenvalue weighted by Gasteiger charge is -2.28. The van der Waals surface area contributed by atoms with E-state index in [1.54, 1.807) is 51.4 Å². The number of amides is 8. The Balaban J connectivity index is 1.77. The predicted octanol–water partition coefficient (Wildman–Crippen LogP) is -0.544. The molecule has 0 unspecified atom stereocenters. The molecule has 8 atom stereocenters. The number of ketones is 1. The van der Waals surface area contributed by atoms with E-state index in [2.05, 4.69) is 52.5 Å². The van der Waals surface area contributed by atoms with Gasteiger partial charge in [0.2, 0.25) is 35.8 Å². The Labute approximate surface area is 378 Å². The van der Waals surface area contributed by atoms with E-state index in [0.717, 1.165) is 22.9 Å². The zero-order chi connectivity index (χ0) is 47.8. The van der Waals surface area contributed by atoms with Crippen LogP contribution in [0.1, 0.15) is 69.8 Å². The van der Waals surface area contributed by atoms with Crippen LogP contribution in [0.4, 0.5) is 0 Å². The largest absolute Gasteiger partial charge is 0.382 e. The summed E-state index contributed by atoms with van der Waals surface area (Å²) in [7, 11) is 1.39. The summed E-state index contributed by atoms with van der Waals surface area (Å²) < 4.78 is 5.30. The summed E-state index contributed by atoms with van der Waals surface area (Å²) in [5, 5.41) is 32.9. The Morgan fingerprint density at radius 3 is 2.42 bits per heavy atom. The molecule has 0 saturated carbocycles. The highest BCUT2D eigenvalue weighted by Crippen LogP contribution is 2.22. The smallest absolute Gasteiger partial charge is 0.290 e. The first-order valence-electron chi connectivity index (χ1n) is 20.9. The van der Waals surface area contributed by atoms with Crippen molar-refractivity contribution in [3.63, 3.8) is 0 Å². The molecular weight excluding hydrogens is 865 g/mol. The summed E-state index contributed by atoms with van der Waals surface area (Å²) in [5.41, 5.74) is 1.29. The molecule has 10 N–H and O–H groups in total. The molecule has 0 saturated heterocycles. The molecule has 2 aromatic heterocycles. The first-order valence-corrected chi connectivity index (χ1v) is 21.8. The van der Waals surface area contributed by atoms with Crippen molar-refractivity contribution in [2.45, 2.75) is 83.8 Å². The second kappa shape index (κ2) is 24.3. The third-order valence-corrected chi connectivity index (χ3v) is 11.6. The number of nitrogens with zero attached hydrogens (tertiary/aromatic N) is 1. The molecule has 1 aliphatic heterocycles. The summed E-state index contributed by atoms with van der Waals surface area (Å²) in [5.74, 6) is -8.54. The van der Waals surface area contributed by atoms with Gasteiger partial charge in [0.25, 0.3) is 17.7 Å². The third kappa shape index (κ3) is 14.1. The van der Waals surface area contributed by atoms with Crippen LogP contribution in [0.15, 0.2) is 47.6 Å². The van der Waals surface area contributed by atoms with E-state index in [1.165, 1.54) is 26.2 Å². The van der Waals surface area contributed by atoms with Crippen LogP contribution in [0.3, 0.4) is 0 Å². The summed E-state index contributed by atoms with van der Waals surface area (Å²) >= 11 is 1.13. The summed E-state index contributed by atoms with van der Waals surface area (Å²) in [6.07, 6.45) is 4.79. The van der Waals surface area contributed by atoms with E-state index in [4.69, 9.17) is 4.74 Å². The van der Waals surface area contributed by atoms with Crippen LogP contribution in [-0.2, 0) is 47.9 Å². The molecule has 2 bridgehead atoms. The average Bonchev–Trinajstić information content (AvgIpc) is 3.95. The summed E-state index contributed by atoms with van der Waals surface area (Å²) in [6, 6.07) is 0.593. The van der Waals surface area contributed by atoms with E-state index in [-0.39, 0.29) is 18.7 Å². The zero-order valence-electron chi connectivity index (χ0n) is 36.8. The van der Waals surface area contributed by atoms with Gasteiger partial charge in [-0.1, -0.05) is 58.7 Å². The summed E-state index contributed by atoms with van der Waals surface area (Å²) in [6.45, 7) is 6.92. The van der Waals surface area contributed by atoms with Gasteiger partial charge < -0.3 is 57.4 Å². The molecule has 1 aliphatic rings. The topological polar surface area (TPSA) is 308 Å². The standard InChI is InChI=1S/C43H56N10O11S/c1-7-22(3)34-36(57)42(63)51-31(19-64-6)43-48-26(20-65-43)13-14-33(56)49-29(15-25-16-45-28-12-10-9-11-27(25)28)38(59)46-17-30(39(60)47-24(5)37(58)52-34)50-41(62)35(23(4)8-2)53-40(61)32(55)18-44-21-54/h9-16,20-24,30-32,34-35,45,55H,7-8,17-19H2,1-6H3,(H,44,54)(H,46,59)(H,47,60)(H,49,56)(H,50,62)(H,51,63)(H,52,58)(H,53,61)/b14-13+,29-15-/t22-,23-,24-,30-,31-,32+,34+,35-/m0/s1. The number of carbonyl (C=O) groups excluding carboxylic acids is 9. The minimum Gasteiger partial charge on any atom is -0.382 e. The van der Waals surface area contributed by atoms with Crippen LogP contribution in [0, 0.1) is 11.8 Å². The molecule has 3 aromatic rings. The molecule has 350 valence electrons. The second-order valence-electron chi connectivity index (χ2n) is 15.4. The maximum absolute atomic E-state index is 14.1. The number of nitrogens with one attached hydrogen (secondary N) is 9. The molecule has 0 spiro atoms. The van der Waals surface area contributed by atoms with Gasteiger partial charge in [-0.25, -0.2) is 4.98 Å². The third-order valence-electron chi connectivity index (χ3n) is 10.7. The number of H-pyrrole nitrogens is 1. The van der Waals surface area contributed by atoms with E-state index in [0.29, 0.717) is 34.5 Å². The van der Waals surface area contributed by atoms with Crippen molar-refractivity contribution in [2.75, 3.05) is 26.8 Å². The van der Waals surface area contributed by atoms with Crippen molar-refractivity contribution in [3.8, 4) is 0 Å². The highest BCUT2D eigenvalue weighted by atomic mass is 32.1. The average molecular weight is 921 g/mol. The summed E-state index contributed by atoms with van der Waals surface area (Å²) in [4.78, 5) is 128. The number of hydrogen-bond donors (Lipinski definition) is 10. The Bertz CT molecular complexity index is 2290. The Morgan fingerprint density at radius 2 is 1.72 bits per heavy atom. The first-order chi connectivity index (χ1) is 31.0. The predicted molar refractivity (Wildman–Crippen MR) is 239 cm³/mol. The number of aliphatic hydroxyl groups excluding tert-OH is 1. The number of thiazole rings is 1. The van der Waals surface area contributed by atoms with Crippen molar-refractivity contribution >= 4 is 87.9 Å². The van der Waals surface area contributed by atoms with Gasteiger partial charge >= 0.3 is 0 Å². The number of para-hydroxylation sites is 1. The van der Waals surface area contributed by atoms with E-state index in [1.807, 2.05) is 12.1 Å². The van der Waals surface area contributed by atoms with Crippen LogP contribution < -0.4 is 42.5 Å². The Kier molecular flexibility index (Phi) is 19.0. The molecule has 8 amide bonds. The SMILES string of the molecule is CC[C@H](C)[C@H](NC(=O)[C@H](O)CNC=O)C(=O)N[C@H]1CNC(=O)/C(=C/c2c[nH]c3ccccc23)NC(=O)/C=C/c2csc(n2)[C@H](COC)NC(=O)C(=O)[C@@H]([C@@H](C)CC)NC(=O)[C@H](C)NC1=O. The number of fused-ring (bicyclic) bond motifs is 3. The minimum absolute atomic E-state index is 0.0836. The molecule has 4 rings (SSSR count). The molecule has 65 heavy (non-hydrogen) atoms. The number of Topliss-reactive ketones (excluding diaryl/α,β-unsaturated/α-hetero) is 1. The lowest BCUT2D eigenvalue weighted by atomic mass is 9.94. The molecule has 0 fully saturated rings. The quantitative estimate of drug-likeness (QED) is 0.0554. The van der Waals surface area contributed by atoms with Crippen molar-refractivity contribution in [2.24, 2.45) is 11.8 Å². The minimum atomic E-state index is -1.73. The number of methoxy groups -OCH3 is 1. The van der Waals surface area contributed by atoms with Crippen LogP contribution in [0.2, 0.25) is 0 Å². The molecule has 21 nitrogen and oxygen atoms in total. The number of carbonyl (C=O) groups is 9. The van der Waals surface area contributed by atoms with Gasteiger partial charge in [0.15, 0.2) is 0 Å². The van der Waals surface area contributed by atoms with Crippen molar-refractivity contribution in [1.29, 1.82) is 0 Å². The molecular formula is C43H56N10O11S. The zero-order valence-corrected chi connectivity index (χ0v) is 37.6. The lowest BCUT2D eigenvalue weighted by molar-refractivity contribution is -0.142. The number of aromatic nitrogens is 2. The first kappa shape index (κ1) is 50.9. The van der Waals surface area contributed by atoms with E-state index < -0.39 is 108 Å². The number of aliphatic hydroxyl groups is 1. The fourth-order valence-corrected chi connectivity index (χ4v) is 7.26. The molecule has 0 radical (unpaired) electrons. The van der Waals surface area contributed by atoms with Gasteiger partial charge in [-0.2, -0.15) is 0 Å². The number of ether oxygens (including phenoxy) is 1. The van der Waals surface area contributed by atoms with Gasteiger partial charge in [-0.05, 0) is 37.0 Å². The van der Waals surface area contributed by atoms with Gasteiger partial charge in [0.05, 0.1) is 24.9 Å². The fraction of sp³-hybridized carbons (Fsp3) is 0.442. The maximum Gasteiger partial charge on any atom is 0.290 e. The van der Waals surface area contributed by atoms with Crippen LogP contribution in [-0.4, -0.2) is 126 Å². The number of benzene rings is 1. The highest BCUT2D eigenvalue weighted by molar-refractivity contribution is 7.09.